The van der Waals surface area contributed by atoms with Crippen LogP contribution >= 0.6 is 0 Å². The highest BCUT2D eigenvalue weighted by atomic mass is 16.1. The zero-order valence-electron chi connectivity index (χ0n) is 9.68. The van der Waals surface area contributed by atoms with Crippen LogP contribution in [0, 0.1) is 11.8 Å². The Kier molecular flexibility index (Phi) is 6.60. The van der Waals surface area contributed by atoms with Crippen molar-refractivity contribution in [2.75, 3.05) is 0 Å². The van der Waals surface area contributed by atoms with Gasteiger partial charge in [0.15, 0.2) is 0 Å². The lowest BCUT2D eigenvalue weighted by Gasteiger charge is -2.22. The van der Waals surface area contributed by atoms with Gasteiger partial charge in [-0.25, -0.2) is 0 Å². The van der Waals surface area contributed by atoms with E-state index in [-0.39, 0.29) is 5.78 Å². The fraction of sp³-hybridized carbons (Fsp3) is 0.750. The minimum absolute atomic E-state index is 0.261. The lowest BCUT2D eigenvalue weighted by Crippen LogP contribution is -2.10. The van der Waals surface area contributed by atoms with Gasteiger partial charge in [0.1, 0.15) is 5.78 Å². The second-order valence-electron chi connectivity index (χ2n) is 4.06. The number of carbonyl (C=O) groups is 1. The lowest BCUT2D eigenvalue weighted by atomic mass is 9.79. The van der Waals surface area contributed by atoms with Crippen LogP contribution in [0.15, 0.2) is 12.2 Å². The van der Waals surface area contributed by atoms with Gasteiger partial charge < -0.3 is 4.79 Å². The standard InChI is InChI=1S/C12H21BO/c1-5-12(7-6-10(3)14)11(4)9(2)8-13/h9,12H,4-8H2,1-3H3/t9-,12-/m0/s1. The molecule has 0 bridgehead atoms. The first-order chi connectivity index (χ1) is 6.52. The highest BCUT2D eigenvalue weighted by molar-refractivity contribution is 6.08. The van der Waals surface area contributed by atoms with Gasteiger partial charge in [-0.1, -0.05) is 32.3 Å². The predicted molar refractivity (Wildman–Crippen MR) is 62.6 cm³/mol. The van der Waals surface area contributed by atoms with Crippen molar-refractivity contribution in [3.8, 4) is 0 Å². The predicted octanol–water partition coefficient (Wildman–Crippen LogP) is 3.16. The zero-order valence-corrected chi connectivity index (χ0v) is 9.68. The highest BCUT2D eigenvalue weighted by Gasteiger charge is 2.15. The molecule has 1 nitrogen and oxygen atoms in total. The second-order valence-corrected chi connectivity index (χ2v) is 4.06. The van der Waals surface area contributed by atoms with Crippen LogP contribution in [0.2, 0.25) is 6.32 Å². The monoisotopic (exact) mass is 192 g/mol. The number of rotatable bonds is 7. The Bertz CT molecular complexity index is 198. The van der Waals surface area contributed by atoms with Crippen molar-refractivity contribution in [2.45, 2.75) is 46.4 Å². The summed E-state index contributed by atoms with van der Waals surface area (Å²) in [5.74, 6) is 1.08. The minimum atomic E-state index is 0.261. The van der Waals surface area contributed by atoms with Crippen molar-refractivity contribution >= 4 is 13.6 Å². The van der Waals surface area contributed by atoms with Crippen molar-refractivity contribution in [3.63, 3.8) is 0 Å². The van der Waals surface area contributed by atoms with E-state index in [2.05, 4.69) is 20.4 Å². The van der Waals surface area contributed by atoms with Crippen molar-refractivity contribution in [3.05, 3.63) is 12.2 Å². The molecule has 0 saturated carbocycles. The summed E-state index contributed by atoms with van der Waals surface area (Å²) in [7, 11) is 5.59. The molecule has 0 N–H and O–H groups in total. The smallest absolute Gasteiger partial charge is 0.129 e. The van der Waals surface area contributed by atoms with Gasteiger partial charge in [0.2, 0.25) is 0 Å². The maximum absolute atomic E-state index is 10.9. The minimum Gasteiger partial charge on any atom is -0.300 e. The quantitative estimate of drug-likeness (QED) is 0.447. The fourth-order valence-electron chi connectivity index (χ4n) is 1.58. The van der Waals surface area contributed by atoms with Gasteiger partial charge in [-0.2, -0.15) is 0 Å². The van der Waals surface area contributed by atoms with Crippen LogP contribution in [-0.4, -0.2) is 13.6 Å². The third-order valence-electron chi connectivity index (χ3n) is 2.85. The molecule has 0 spiro atoms. The first-order valence-electron chi connectivity index (χ1n) is 5.41. The molecule has 0 saturated heterocycles. The Hall–Kier alpha value is -0.525. The molecule has 0 fully saturated rings. The molecule has 78 valence electrons. The molecule has 0 rings (SSSR count). The zero-order chi connectivity index (χ0) is 11.1. The molecule has 0 aromatic heterocycles. The van der Waals surface area contributed by atoms with E-state index in [0.717, 1.165) is 12.8 Å². The molecule has 0 amide bonds. The number of hydrogen-bond acceptors (Lipinski definition) is 1. The molecule has 0 unspecified atom stereocenters. The first kappa shape index (κ1) is 13.5. The molecule has 0 aliphatic heterocycles. The summed E-state index contributed by atoms with van der Waals surface area (Å²) in [5, 5.41) is 0. The van der Waals surface area contributed by atoms with Crippen molar-refractivity contribution in [1.29, 1.82) is 0 Å². The molecule has 14 heavy (non-hydrogen) atoms. The van der Waals surface area contributed by atoms with Crippen molar-refractivity contribution < 1.29 is 4.79 Å². The van der Waals surface area contributed by atoms with Gasteiger partial charge in [0.25, 0.3) is 0 Å². The summed E-state index contributed by atoms with van der Waals surface area (Å²) in [6.07, 6.45) is 3.29. The number of hydrogen-bond donors (Lipinski definition) is 0. The normalized spacial score (nSPS) is 14.8. The van der Waals surface area contributed by atoms with Crippen LogP contribution in [0.25, 0.3) is 0 Å². The number of carbonyl (C=O) groups excluding carboxylic acids is 1. The lowest BCUT2D eigenvalue weighted by molar-refractivity contribution is -0.117. The number of ketones is 1. The van der Waals surface area contributed by atoms with Crippen LogP contribution < -0.4 is 0 Å². The van der Waals surface area contributed by atoms with Gasteiger partial charge in [-0.3, -0.25) is 0 Å². The van der Waals surface area contributed by atoms with E-state index in [4.69, 9.17) is 7.85 Å². The average Bonchev–Trinajstić information content (AvgIpc) is 2.16. The van der Waals surface area contributed by atoms with Gasteiger partial charge in [-0.15, -0.1) is 0 Å². The second kappa shape index (κ2) is 6.86. The van der Waals surface area contributed by atoms with Gasteiger partial charge in [0, 0.05) is 6.42 Å². The molecule has 0 aliphatic rings. The van der Waals surface area contributed by atoms with Gasteiger partial charge in [0.05, 0.1) is 7.85 Å². The van der Waals surface area contributed by atoms with E-state index >= 15 is 0 Å². The van der Waals surface area contributed by atoms with Gasteiger partial charge in [-0.05, 0) is 31.6 Å². The number of allylic oxidation sites excluding steroid dienone is 1. The summed E-state index contributed by atoms with van der Waals surface area (Å²) in [4.78, 5) is 10.9. The summed E-state index contributed by atoms with van der Waals surface area (Å²) in [6, 6.07) is 0. The molecule has 0 heterocycles. The van der Waals surface area contributed by atoms with E-state index < -0.39 is 0 Å². The molecule has 2 heteroatoms. The molecule has 0 aliphatic carbocycles. The summed E-state index contributed by atoms with van der Waals surface area (Å²) >= 11 is 0. The third kappa shape index (κ3) is 4.64. The van der Waals surface area contributed by atoms with E-state index in [9.17, 15) is 4.79 Å². The Labute approximate surface area is 89.4 Å². The SMILES string of the molecule is [B]C[C@H](C)C(=C)[C@@H](CC)CCC(C)=O. The van der Waals surface area contributed by atoms with Crippen LogP contribution in [0.4, 0.5) is 0 Å². The van der Waals surface area contributed by atoms with Crippen molar-refractivity contribution in [2.24, 2.45) is 11.8 Å². The molecule has 0 aromatic carbocycles. The molecule has 0 aromatic rings. The summed E-state index contributed by atoms with van der Waals surface area (Å²) in [6.45, 7) is 9.96. The highest BCUT2D eigenvalue weighted by Crippen LogP contribution is 2.27. The van der Waals surface area contributed by atoms with E-state index in [1.807, 2.05) is 0 Å². The van der Waals surface area contributed by atoms with E-state index in [0.29, 0.717) is 24.6 Å². The molecule has 2 radical (unpaired) electrons. The summed E-state index contributed by atoms with van der Waals surface area (Å²) < 4.78 is 0. The van der Waals surface area contributed by atoms with E-state index in [1.54, 1.807) is 6.92 Å². The Balaban J connectivity index is 4.12. The van der Waals surface area contributed by atoms with Crippen LogP contribution in [0.1, 0.15) is 40.0 Å². The summed E-state index contributed by atoms with van der Waals surface area (Å²) in [5.41, 5.74) is 1.20. The average molecular weight is 192 g/mol. The van der Waals surface area contributed by atoms with Crippen LogP contribution in [0.3, 0.4) is 0 Å². The molecular formula is C12H21BO. The topological polar surface area (TPSA) is 17.1 Å². The van der Waals surface area contributed by atoms with Crippen LogP contribution in [0.5, 0.6) is 0 Å². The van der Waals surface area contributed by atoms with Crippen LogP contribution in [-0.2, 0) is 4.79 Å². The largest absolute Gasteiger partial charge is 0.300 e. The fourth-order valence-corrected chi connectivity index (χ4v) is 1.58. The third-order valence-corrected chi connectivity index (χ3v) is 2.85. The molecular weight excluding hydrogens is 171 g/mol. The maximum atomic E-state index is 10.9. The van der Waals surface area contributed by atoms with Gasteiger partial charge >= 0.3 is 0 Å². The number of Topliss-reactive ketones (excluding diaryl/α,β-unsaturated/α-hetero) is 1. The maximum Gasteiger partial charge on any atom is 0.129 e. The van der Waals surface area contributed by atoms with Crippen molar-refractivity contribution in [1.82, 2.24) is 0 Å². The Morgan fingerprint density at radius 2 is 2.07 bits per heavy atom. The molecule has 2 atom stereocenters. The first-order valence-corrected chi connectivity index (χ1v) is 5.41. The Morgan fingerprint density at radius 3 is 2.43 bits per heavy atom. The van der Waals surface area contributed by atoms with E-state index in [1.165, 1.54) is 5.57 Å². The Morgan fingerprint density at radius 1 is 1.50 bits per heavy atom.